The molecule has 1 aromatic heterocycles. The molecule has 2 aliphatic heterocycles. The third kappa shape index (κ3) is 3.66. The highest BCUT2D eigenvalue weighted by atomic mass is 16.5. The molecule has 2 aliphatic rings. The van der Waals surface area contributed by atoms with Crippen LogP contribution in [-0.2, 0) is 6.61 Å². The van der Waals surface area contributed by atoms with Gasteiger partial charge in [0.05, 0.1) is 18.8 Å². The van der Waals surface area contributed by atoms with Crippen LogP contribution in [0, 0.1) is 0 Å². The van der Waals surface area contributed by atoms with Crippen molar-refractivity contribution in [2.75, 3.05) is 20.2 Å². The van der Waals surface area contributed by atoms with Gasteiger partial charge in [-0.25, -0.2) is 0 Å². The molecule has 1 N–H and O–H groups in total. The van der Waals surface area contributed by atoms with E-state index in [0.717, 1.165) is 35.8 Å². The second kappa shape index (κ2) is 7.87. The molecule has 2 aromatic rings. The molecular formula is C22H29N3O2. The Hall–Kier alpha value is -2.11. The highest BCUT2D eigenvalue weighted by molar-refractivity contribution is 5.48. The van der Waals surface area contributed by atoms with Gasteiger partial charge in [0, 0.05) is 36.9 Å². The van der Waals surface area contributed by atoms with E-state index in [-0.39, 0.29) is 6.04 Å². The molecule has 27 heavy (non-hydrogen) atoms. The number of aromatic nitrogens is 1. The largest absolute Gasteiger partial charge is 0.497 e. The Labute approximate surface area is 161 Å². The zero-order valence-corrected chi connectivity index (χ0v) is 16.4. The Kier molecular flexibility index (Phi) is 5.32. The fourth-order valence-electron chi connectivity index (χ4n) is 4.41. The molecule has 3 heterocycles. The minimum Gasteiger partial charge on any atom is -0.497 e. The number of fused-ring (bicyclic) bond motifs is 2. The second-order valence-electron chi connectivity index (χ2n) is 7.63. The molecular weight excluding hydrogens is 338 g/mol. The molecule has 1 aromatic carbocycles. The first-order valence-corrected chi connectivity index (χ1v) is 9.91. The minimum atomic E-state index is 0.0505. The van der Waals surface area contributed by atoms with E-state index in [1.165, 1.54) is 18.4 Å². The minimum absolute atomic E-state index is 0.0505. The van der Waals surface area contributed by atoms with E-state index in [1.807, 2.05) is 24.4 Å². The normalized spacial score (nSPS) is 24.6. The number of hydrogen-bond donors (Lipinski definition) is 1. The van der Waals surface area contributed by atoms with Crippen molar-refractivity contribution < 1.29 is 9.47 Å². The maximum Gasteiger partial charge on any atom is 0.131 e. The van der Waals surface area contributed by atoms with Crippen LogP contribution in [0.1, 0.15) is 49.6 Å². The number of methoxy groups -OCH3 is 1. The van der Waals surface area contributed by atoms with Crippen LogP contribution >= 0.6 is 0 Å². The highest BCUT2D eigenvalue weighted by Crippen LogP contribution is 2.37. The van der Waals surface area contributed by atoms with Gasteiger partial charge in [-0.3, -0.25) is 9.88 Å². The molecule has 0 radical (unpaired) electrons. The van der Waals surface area contributed by atoms with Crippen LogP contribution in [0.3, 0.4) is 0 Å². The number of benzene rings is 1. The Morgan fingerprint density at radius 2 is 2.00 bits per heavy atom. The number of nitrogens with zero attached hydrogens (tertiary/aromatic N) is 2. The molecule has 3 atom stereocenters. The predicted octanol–water partition coefficient (Wildman–Crippen LogP) is 3.53. The maximum absolute atomic E-state index is 6.05. The molecule has 144 valence electrons. The van der Waals surface area contributed by atoms with Crippen LogP contribution in [-0.4, -0.2) is 42.2 Å². The van der Waals surface area contributed by atoms with Gasteiger partial charge in [-0.15, -0.1) is 0 Å². The Morgan fingerprint density at radius 1 is 1.19 bits per heavy atom. The second-order valence-corrected chi connectivity index (χ2v) is 7.63. The molecule has 4 rings (SSSR count). The zero-order valence-electron chi connectivity index (χ0n) is 16.4. The van der Waals surface area contributed by atoms with Gasteiger partial charge in [0.1, 0.15) is 18.1 Å². The van der Waals surface area contributed by atoms with Crippen molar-refractivity contribution in [3.8, 4) is 11.5 Å². The lowest BCUT2D eigenvalue weighted by molar-refractivity contribution is 0.213. The van der Waals surface area contributed by atoms with Gasteiger partial charge < -0.3 is 14.8 Å². The molecule has 0 aliphatic carbocycles. The van der Waals surface area contributed by atoms with Crippen LogP contribution in [0.15, 0.2) is 36.5 Å². The summed E-state index contributed by atoms with van der Waals surface area (Å²) in [6, 6.07) is 11.6. The lowest BCUT2D eigenvalue weighted by Crippen LogP contribution is -2.39. The molecule has 0 saturated carbocycles. The van der Waals surface area contributed by atoms with Crippen LogP contribution in [0.2, 0.25) is 0 Å². The molecule has 0 bridgehead atoms. The van der Waals surface area contributed by atoms with Crippen molar-refractivity contribution in [3.63, 3.8) is 0 Å². The SMILES string of the molecule is COc1ccc2c(c1)C(NCCN1[C@H](C)CC[C@@H]1C)c1cccnc1CO2. The average molecular weight is 367 g/mol. The van der Waals surface area contributed by atoms with Gasteiger partial charge >= 0.3 is 0 Å². The predicted molar refractivity (Wildman–Crippen MR) is 106 cm³/mol. The van der Waals surface area contributed by atoms with Crippen LogP contribution in [0.25, 0.3) is 0 Å². The van der Waals surface area contributed by atoms with E-state index in [2.05, 4.69) is 41.2 Å². The molecule has 5 heteroatoms. The first-order valence-electron chi connectivity index (χ1n) is 9.91. The highest BCUT2D eigenvalue weighted by Gasteiger charge is 2.28. The van der Waals surface area contributed by atoms with Gasteiger partial charge in [-0.2, -0.15) is 0 Å². The molecule has 5 nitrogen and oxygen atoms in total. The Bertz CT molecular complexity index is 785. The van der Waals surface area contributed by atoms with E-state index >= 15 is 0 Å². The quantitative estimate of drug-likeness (QED) is 0.876. The lowest BCUT2D eigenvalue weighted by Gasteiger charge is -2.28. The summed E-state index contributed by atoms with van der Waals surface area (Å²) in [5.74, 6) is 1.74. The van der Waals surface area contributed by atoms with Crippen molar-refractivity contribution in [2.24, 2.45) is 0 Å². The number of nitrogens with one attached hydrogen (secondary N) is 1. The van der Waals surface area contributed by atoms with E-state index < -0.39 is 0 Å². The fraction of sp³-hybridized carbons (Fsp3) is 0.500. The van der Waals surface area contributed by atoms with Gasteiger partial charge in [0.2, 0.25) is 0 Å². The average Bonchev–Trinajstić information content (AvgIpc) is 2.93. The summed E-state index contributed by atoms with van der Waals surface area (Å²) in [5.41, 5.74) is 3.30. The summed E-state index contributed by atoms with van der Waals surface area (Å²) in [4.78, 5) is 7.17. The standard InChI is InChI=1S/C22H29N3O2/c1-15-6-7-16(2)25(15)12-11-24-22-18-5-4-10-23-20(18)14-27-21-9-8-17(26-3)13-19(21)22/h4-5,8-10,13,15-16,22,24H,6-7,11-12,14H2,1-3H3/t15-,16+,22?. The molecule has 0 spiro atoms. The third-order valence-corrected chi connectivity index (χ3v) is 5.98. The van der Waals surface area contributed by atoms with Gasteiger partial charge in [0.15, 0.2) is 0 Å². The zero-order chi connectivity index (χ0) is 18.8. The summed E-state index contributed by atoms with van der Waals surface area (Å²) in [5, 5.41) is 3.78. The summed E-state index contributed by atoms with van der Waals surface area (Å²) in [6.07, 6.45) is 4.43. The lowest BCUT2D eigenvalue weighted by atomic mass is 9.97. The molecule has 1 fully saturated rings. The first kappa shape index (κ1) is 18.3. The first-order chi connectivity index (χ1) is 13.2. The molecule has 1 unspecified atom stereocenters. The number of hydrogen-bond acceptors (Lipinski definition) is 5. The van der Waals surface area contributed by atoms with Crippen LogP contribution < -0.4 is 14.8 Å². The number of ether oxygens (including phenoxy) is 2. The summed E-state index contributed by atoms with van der Waals surface area (Å²) in [6.45, 7) is 7.14. The van der Waals surface area contributed by atoms with Crippen molar-refractivity contribution in [1.29, 1.82) is 0 Å². The van der Waals surface area contributed by atoms with E-state index in [1.54, 1.807) is 7.11 Å². The fourth-order valence-corrected chi connectivity index (χ4v) is 4.41. The van der Waals surface area contributed by atoms with Gasteiger partial charge in [-0.1, -0.05) is 6.07 Å². The topological polar surface area (TPSA) is 46.6 Å². The summed E-state index contributed by atoms with van der Waals surface area (Å²) in [7, 11) is 1.70. The van der Waals surface area contributed by atoms with E-state index in [4.69, 9.17) is 9.47 Å². The smallest absolute Gasteiger partial charge is 0.131 e. The number of pyridine rings is 1. The van der Waals surface area contributed by atoms with Crippen LogP contribution in [0.5, 0.6) is 11.5 Å². The van der Waals surface area contributed by atoms with E-state index in [9.17, 15) is 0 Å². The van der Waals surface area contributed by atoms with Gasteiger partial charge in [0.25, 0.3) is 0 Å². The van der Waals surface area contributed by atoms with Crippen LogP contribution in [0.4, 0.5) is 0 Å². The third-order valence-electron chi connectivity index (χ3n) is 5.98. The van der Waals surface area contributed by atoms with Crippen molar-refractivity contribution >= 4 is 0 Å². The molecule has 1 saturated heterocycles. The van der Waals surface area contributed by atoms with Crippen molar-refractivity contribution in [1.82, 2.24) is 15.2 Å². The monoisotopic (exact) mass is 367 g/mol. The Balaban J connectivity index is 1.60. The van der Waals surface area contributed by atoms with Gasteiger partial charge in [-0.05, 0) is 56.5 Å². The van der Waals surface area contributed by atoms with Crippen molar-refractivity contribution in [3.05, 3.63) is 53.3 Å². The number of likely N-dealkylation sites (tertiary alicyclic amines) is 1. The number of rotatable bonds is 5. The Morgan fingerprint density at radius 3 is 2.78 bits per heavy atom. The van der Waals surface area contributed by atoms with E-state index in [0.29, 0.717) is 18.7 Å². The van der Waals surface area contributed by atoms with Crippen molar-refractivity contribution in [2.45, 2.75) is 51.4 Å². The maximum atomic E-state index is 6.05. The summed E-state index contributed by atoms with van der Waals surface area (Å²) >= 11 is 0. The summed E-state index contributed by atoms with van der Waals surface area (Å²) < 4.78 is 11.5. The molecule has 0 amide bonds.